The molecular weight excluding hydrogens is 267 g/mol. The zero-order valence-electron chi connectivity index (χ0n) is 11.8. The van der Waals surface area contributed by atoms with E-state index < -0.39 is 12.1 Å². The van der Waals surface area contributed by atoms with E-state index in [2.05, 4.69) is 10.3 Å². The molecule has 1 aromatic rings. The highest BCUT2D eigenvalue weighted by Gasteiger charge is 2.41. The Morgan fingerprint density at radius 2 is 1.95 bits per heavy atom. The fraction of sp³-hybridized carbons (Fsp3) is 0.643. The molecule has 0 amide bonds. The number of pyridine rings is 1. The Balaban J connectivity index is 2.07. The second-order valence-corrected chi connectivity index (χ2v) is 5.31. The van der Waals surface area contributed by atoms with Crippen molar-refractivity contribution in [1.82, 2.24) is 10.3 Å². The van der Waals surface area contributed by atoms with Crippen molar-refractivity contribution in [3.05, 3.63) is 23.4 Å². The van der Waals surface area contributed by atoms with Crippen LogP contribution >= 0.6 is 0 Å². The maximum atomic E-state index is 12.7. The molecule has 2 heterocycles. The van der Waals surface area contributed by atoms with Gasteiger partial charge in [0.05, 0.1) is 5.92 Å². The van der Waals surface area contributed by atoms with Gasteiger partial charge in [-0.05, 0) is 44.5 Å². The second kappa shape index (κ2) is 5.99. The monoisotopic (exact) mass is 287 g/mol. The lowest BCUT2D eigenvalue weighted by atomic mass is 9.96. The molecule has 0 saturated carbocycles. The minimum absolute atomic E-state index is 0.153. The van der Waals surface area contributed by atoms with Gasteiger partial charge in [0.1, 0.15) is 5.82 Å². The Morgan fingerprint density at radius 1 is 1.30 bits per heavy atom. The van der Waals surface area contributed by atoms with Crippen LogP contribution in [0.15, 0.2) is 12.1 Å². The molecule has 112 valence electrons. The number of halogens is 3. The number of aromatic nitrogens is 1. The highest BCUT2D eigenvalue weighted by atomic mass is 19.4. The summed E-state index contributed by atoms with van der Waals surface area (Å²) < 4.78 is 38.0. The van der Waals surface area contributed by atoms with E-state index in [0.717, 1.165) is 23.6 Å². The van der Waals surface area contributed by atoms with E-state index in [1.807, 2.05) is 31.0 Å². The molecule has 1 aromatic heterocycles. The molecule has 0 radical (unpaired) electrons. The highest BCUT2D eigenvalue weighted by Crippen LogP contribution is 2.35. The number of hydrogen-bond acceptors (Lipinski definition) is 3. The largest absolute Gasteiger partial charge is 0.391 e. The van der Waals surface area contributed by atoms with Crippen molar-refractivity contribution in [1.29, 1.82) is 0 Å². The molecule has 1 saturated heterocycles. The van der Waals surface area contributed by atoms with Crippen LogP contribution in [0.3, 0.4) is 0 Å². The first kappa shape index (κ1) is 15.1. The average Bonchev–Trinajstić information content (AvgIpc) is 2.37. The zero-order valence-corrected chi connectivity index (χ0v) is 11.8. The zero-order chi connectivity index (χ0) is 14.8. The van der Waals surface area contributed by atoms with E-state index in [1.54, 1.807) is 0 Å². The molecule has 0 spiro atoms. The van der Waals surface area contributed by atoms with E-state index in [1.165, 1.54) is 0 Å². The highest BCUT2D eigenvalue weighted by molar-refractivity contribution is 5.43. The quantitative estimate of drug-likeness (QED) is 0.926. The van der Waals surface area contributed by atoms with Crippen LogP contribution in [-0.4, -0.2) is 31.3 Å². The van der Waals surface area contributed by atoms with Gasteiger partial charge in [0.25, 0.3) is 0 Å². The topological polar surface area (TPSA) is 28.2 Å². The van der Waals surface area contributed by atoms with Crippen LogP contribution in [0.1, 0.15) is 24.1 Å². The van der Waals surface area contributed by atoms with Gasteiger partial charge < -0.3 is 10.2 Å². The summed E-state index contributed by atoms with van der Waals surface area (Å²) in [6.45, 7) is 3.47. The minimum Gasteiger partial charge on any atom is -0.357 e. The average molecular weight is 287 g/mol. The molecule has 0 aliphatic carbocycles. The van der Waals surface area contributed by atoms with E-state index in [-0.39, 0.29) is 12.8 Å². The Labute approximate surface area is 117 Å². The van der Waals surface area contributed by atoms with Crippen molar-refractivity contribution in [3.8, 4) is 0 Å². The first-order chi connectivity index (χ1) is 9.40. The van der Waals surface area contributed by atoms with Gasteiger partial charge in [-0.3, -0.25) is 0 Å². The lowest BCUT2D eigenvalue weighted by Crippen LogP contribution is -2.39. The van der Waals surface area contributed by atoms with Crippen LogP contribution in [0.4, 0.5) is 19.0 Å². The number of rotatable bonds is 3. The number of nitrogens with one attached hydrogen (secondary N) is 1. The summed E-state index contributed by atoms with van der Waals surface area (Å²) in [4.78, 5) is 6.40. The molecule has 1 aliphatic rings. The Kier molecular flexibility index (Phi) is 4.52. The van der Waals surface area contributed by atoms with Crippen molar-refractivity contribution >= 4 is 5.82 Å². The number of piperidine rings is 1. The first-order valence-corrected chi connectivity index (χ1v) is 6.84. The van der Waals surface area contributed by atoms with Gasteiger partial charge in [-0.2, -0.15) is 13.2 Å². The van der Waals surface area contributed by atoms with Crippen molar-refractivity contribution in [2.45, 2.75) is 32.5 Å². The summed E-state index contributed by atoms with van der Waals surface area (Å²) in [7, 11) is 1.87. The van der Waals surface area contributed by atoms with Crippen LogP contribution in [-0.2, 0) is 6.54 Å². The second-order valence-electron chi connectivity index (χ2n) is 5.31. The smallest absolute Gasteiger partial charge is 0.357 e. The molecule has 2 rings (SSSR count). The van der Waals surface area contributed by atoms with Crippen LogP contribution < -0.4 is 10.2 Å². The van der Waals surface area contributed by atoms with Crippen molar-refractivity contribution < 1.29 is 13.2 Å². The lowest BCUT2D eigenvalue weighted by Gasteiger charge is -2.34. The molecule has 1 N–H and O–H groups in total. The SMILES string of the molecule is CNCc1cc(C)nc(N2CCC(C(F)(F)F)CC2)c1. The predicted molar refractivity (Wildman–Crippen MR) is 72.7 cm³/mol. The van der Waals surface area contributed by atoms with Gasteiger partial charge in [0, 0.05) is 25.3 Å². The third kappa shape index (κ3) is 3.62. The maximum Gasteiger partial charge on any atom is 0.391 e. The van der Waals surface area contributed by atoms with Gasteiger partial charge in [0.2, 0.25) is 0 Å². The number of anilines is 1. The molecule has 6 heteroatoms. The molecule has 3 nitrogen and oxygen atoms in total. The van der Waals surface area contributed by atoms with Gasteiger partial charge in [-0.15, -0.1) is 0 Å². The van der Waals surface area contributed by atoms with E-state index >= 15 is 0 Å². The first-order valence-electron chi connectivity index (χ1n) is 6.84. The number of nitrogens with zero attached hydrogens (tertiary/aromatic N) is 2. The molecule has 1 fully saturated rings. The Bertz CT molecular complexity index is 451. The van der Waals surface area contributed by atoms with Gasteiger partial charge in [0.15, 0.2) is 0 Å². The summed E-state index contributed by atoms with van der Waals surface area (Å²) in [6.07, 6.45) is -3.76. The van der Waals surface area contributed by atoms with Crippen LogP contribution in [0.2, 0.25) is 0 Å². The molecule has 20 heavy (non-hydrogen) atoms. The van der Waals surface area contributed by atoms with Crippen LogP contribution in [0.5, 0.6) is 0 Å². The minimum atomic E-state index is -4.07. The van der Waals surface area contributed by atoms with Crippen molar-refractivity contribution in [2.24, 2.45) is 5.92 Å². The summed E-state index contributed by atoms with van der Waals surface area (Å²) in [5.41, 5.74) is 2.00. The number of aryl methyl sites for hydroxylation is 1. The maximum absolute atomic E-state index is 12.7. The molecule has 0 aromatic carbocycles. The van der Waals surface area contributed by atoms with E-state index in [9.17, 15) is 13.2 Å². The third-order valence-electron chi connectivity index (χ3n) is 3.66. The van der Waals surface area contributed by atoms with Gasteiger partial charge >= 0.3 is 6.18 Å². The number of hydrogen-bond donors (Lipinski definition) is 1. The molecule has 0 bridgehead atoms. The summed E-state index contributed by atoms with van der Waals surface area (Å²) in [5, 5.41) is 3.07. The summed E-state index contributed by atoms with van der Waals surface area (Å²) in [5.74, 6) is -0.379. The number of alkyl halides is 3. The summed E-state index contributed by atoms with van der Waals surface area (Å²) >= 11 is 0. The summed E-state index contributed by atoms with van der Waals surface area (Å²) in [6, 6.07) is 3.94. The van der Waals surface area contributed by atoms with Gasteiger partial charge in [-0.25, -0.2) is 4.98 Å². The fourth-order valence-electron chi connectivity index (χ4n) is 2.63. The Morgan fingerprint density at radius 3 is 2.50 bits per heavy atom. The van der Waals surface area contributed by atoms with Crippen LogP contribution in [0.25, 0.3) is 0 Å². The third-order valence-corrected chi connectivity index (χ3v) is 3.66. The van der Waals surface area contributed by atoms with E-state index in [4.69, 9.17) is 0 Å². The molecule has 1 aliphatic heterocycles. The molecule has 0 atom stereocenters. The predicted octanol–water partition coefficient (Wildman–Crippen LogP) is 2.89. The molecule has 0 unspecified atom stereocenters. The van der Waals surface area contributed by atoms with Crippen molar-refractivity contribution in [3.63, 3.8) is 0 Å². The fourth-order valence-corrected chi connectivity index (χ4v) is 2.63. The normalized spacial score (nSPS) is 17.6. The van der Waals surface area contributed by atoms with Gasteiger partial charge in [-0.1, -0.05) is 0 Å². The standard InChI is InChI=1S/C14H20F3N3/c1-10-7-11(9-18-2)8-13(19-10)20-5-3-12(4-6-20)14(15,16)17/h7-8,12,18H,3-6,9H2,1-2H3. The lowest BCUT2D eigenvalue weighted by molar-refractivity contribution is -0.179. The van der Waals surface area contributed by atoms with E-state index in [0.29, 0.717) is 13.1 Å². The van der Waals surface area contributed by atoms with Crippen molar-refractivity contribution in [2.75, 3.05) is 25.0 Å². The molecular formula is C14H20F3N3. The van der Waals surface area contributed by atoms with Crippen LogP contribution in [0, 0.1) is 12.8 Å². The Hall–Kier alpha value is -1.30.